The summed E-state index contributed by atoms with van der Waals surface area (Å²) in [6.45, 7) is 2.26. The average Bonchev–Trinajstić information content (AvgIpc) is 3.06. The topological polar surface area (TPSA) is 0 Å². The van der Waals surface area contributed by atoms with E-state index in [9.17, 15) is 0 Å². The maximum absolute atomic E-state index is 2.39. The van der Waals surface area contributed by atoms with Crippen molar-refractivity contribution in [3.63, 3.8) is 0 Å². The van der Waals surface area contributed by atoms with Gasteiger partial charge in [0.25, 0.3) is 0 Å². The highest BCUT2D eigenvalue weighted by atomic mass is 14.3. The van der Waals surface area contributed by atoms with E-state index in [1.165, 1.54) is 39.0 Å². The second-order valence-electron chi connectivity index (χ2n) is 5.90. The molecule has 0 unspecified atom stereocenters. The molecule has 0 atom stereocenters. The van der Waals surface area contributed by atoms with Gasteiger partial charge >= 0.3 is 0 Å². The van der Waals surface area contributed by atoms with Crippen LogP contribution in [0.4, 0.5) is 0 Å². The van der Waals surface area contributed by atoms with E-state index in [1.54, 1.807) is 0 Å². The summed E-state index contributed by atoms with van der Waals surface area (Å²) in [5.41, 5.74) is 10.4. The van der Waals surface area contributed by atoms with Gasteiger partial charge in [-0.1, -0.05) is 54.1 Å². The van der Waals surface area contributed by atoms with E-state index in [4.69, 9.17) is 0 Å². The SMILES string of the molecule is CC1=C(CC2=CC=CC2)C2=Cc3ccccc3CC2=C1. The lowest BCUT2D eigenvalue weighted by Crippen LogP contribution is -2.02. The molecule has 0 N–H and O–H groups in total. The minimum Gasteiger partial charge on any atom is -0.0804 e. The number of hydrogen-bond acceptors (Lipinski definition) is 0. The van der Waals surface area contributed by atoms with E-state index in [0.717, 1.165) is 19.3 Å². The van der Waals surface area contributed by atoms with Crippen LogP contribution in [0.2, 0.25) is 0 Å². The maximum atomic E-state index is 2.39. The molecule has 0 bridgehead atoms. The average molecular weight is 258 g/mol. The Morgan fingerprint density at radius 1 is 1.10 bits per heavy atom. The summed E-state index contributed by atoms with van der Waals surface area (Å²) in [5, 5.41) is 0. The molecule has 1 aromatic rings. The first-order valence-electron chi connectivity index (χ1n) is 7.36. The molecular formula is C20H18. The lowest BCUT2D eigenvalue weighted by atomic mass is 9.85. The molecule has 0 nitrogen and oxygen atoms in total. The van der Waals surface area contributed by atoms with Crippen LogP contribution >= 0.6 is 0 Å². The van der Waals surface area contributed by atoms with Crippen LogP contribution in [0.5, 0.6) is 0 Å². The van der Waals surface area contributed by atoms with Crippen molar-refractivity contribution in [1.29, 1.82) is 0 Å². The summed E-state index contributed by atoms with van der Waals surface area (Å²) >= 11 is 0. The summed E-state index contributed by atoms with van der Waals surface area (Å²) in [4.78, 5) is 0. The Balaban J connectivity index is 1.72. The molecule has 0 fully saturated rings. The third-order valence-electron chi connectivity index (χ3n) is 4.53. The fourth-order valence-electron chi connectivity index (χ4n) is 3.44. The van der Waals surface area contributed by atoms with Gasteiger partial charge in [-0.25, -0.2) is 0 Å². The highest BCUT2D eigenvalue weighted by Crippen LogP contribution is 2.41. The van der Waals surface area contributed by atoms with Crippen LogP contribution in [-0.4, -0.2) is 0 Å². The third kappa shape index (κ3) is 1.84. The molecule has 0 heteroatoms. The molecule has 1 aromatic carbocycles. The fraction of sp³-hybridized carbons (Fsp3) is 0.200. The molecule has 0 saturated carbocycles. The zero-order chi connectivity index (χ0) is 13.5. The van der Waals surface area contributed by atoms with Crippen LogP contribution in [-0.2, 0) is 6.42 Å². The summed E-state index contributed by atoms with van der Waals surface area (Å²) in [7, 11) is 0. The summed E-state index contributed by atoms with van der Waals surface area (Å²) < 4.78 is 0. The fourth-order valence-corrected chi connectivity index (χ4v) is 3.44. The monoisotopic (exact) mass is 258 g/mol. The molecule has 20 heavy (non-hydrogen) atoms. The highest BCUT2D eigenvalue weighted by Gasteiger charge is 2.24. The van der Waals surface area contributed by atoms with Crippen molar-refractivity contribution in [2.45, 2.75) is 26.2 Å². The number of benzene rings is 1. The first-order chi connectivity index (χ1) is 9.81. The molecule has 3 aliphatic carbocycles. The van der Waals surface area contributed by atoms with Gasteiger partial charge in [-0.05, 0) is 65.7 Å². The normalized spacial score (nSPS) is 19.6. The van der Waals surface area contributed by atoms with Gasteiger partial charge in [-0.3, -0.25) is 0 Å². The molecule has 98 valence electrons. The number of hydrogen-bond donors (Lipinski definition) is 0. The van der Waals surface area contributed by atoms with Crippen molar-refractivity contribution < 1.29 is 0 Å². The Morgan fingerprint density at radius 3 is 2.85 bits per heavy atom. The first kappa shape index (κ1) is 11.7. The van der Waals surface area contributed by atoms with E-state index in [2.05, 4.69) is 61.6 Å². The van der Waals surface area contributed by atoms with E-state index in [-0.39, 0.29) is 0 Å². The Bertz CT molecular complexity index is 733. The predicted molar refractivity (Wildman–Crippen MR) is 85.4 cm³/mol. The second-order valence-corrected chi connectivity index (χ2v) is 5.90. The number of fused-ring (bicyclic) bond motifs is 2. The van der Waals surface area contributed by atoms with Crippen LogP contribution < -0.4 is 0 Å². The molecule has 3 aliphatic rings. The molecule has 0 saturated heterocycles. The molecule has 0 aromatic heterocycles. The lowest BCUT2D eigenvalue weighted by molar-refractivity contribution is 1.05. The molecular weight excluding hydrogens is 240 g/mol. The van der Waals surface area contributed by atoms with E-state index < -0.39 is 0 Å². The Kier molecular flexibility index (Phi) is 2.63. The Morgan fingerprint density at radius 2 is 2.00 bits per heavy atom. The molecule has 0 spiro atoms. The Labute approximate surface area is 120 Å². The van der Waals surface area contributed by atoms with Gasteiger partial charge < -0.3 is 0 Å². The quantitative estimate of drug-likeness (QED) is 0.687. The van der Waals surface area contributed by atoms with E-state index in [0.29, 0.717) is 0 Å². The zero-order valence-electron chi connectivity index (χ0n) is 11.8. The van der Waals surface area contributed by atoms with Crippen molar-refractivity contribution in [2.75, 3.05) is 0 Å². The molecule has 4 rings (SSSR count). The van der Waals surface area contributed by atoms with Crippen molar-refractivity contribution in [3.8, 4) is 0 Å². The van der Waals surface area contributed by atoms with Crippen LogP contribution in [0.15, 0.2) is 76.4 Å². The van der Waals surface area contributed by atoms with Gasteiger partial charge in [0.05, 0.1) is 0 Å². The zero-order valence-corrected chi connectivity index (χ0v) is 11.8. The predicted octanol–water partition coefficient (Wildman–Crippen LogP) is 5.16. The summed E-state index contributed by atoms with van der Waals surface area (Å²) in [5.74, 6) is 0. The third-order valence-corrected chi connectivity index (χ3v) is 4.53. The first-order valence-corrected chi connectivity index (χ1v) is 7.36. The largest absolute Gasteiger partial charge is 0.0804 e. The smallest absolute Gasteiger partial charge is 0.00137 e. The van der Waals surface area contributed by atoms with Gasteiger partial charge in [-0.15, -0.1) is 0 Å². The van der Waals surface area contributed by atoms with Gasteiger partial charge in [0.2, 0.25) is 0 Å². The minimum atomic E-state index is 1.08. The van der Waals surface area contributed by atoms with Gasteiger partial charge in [0.1, 0.15) is 0 Å². The lowest BCUT2D eigenvalue weighted by Gasteiger charge is -2.19. The van der Waals surface area contributed by atoms with Crippen molar-refractivity contribution in [2.24, 2.45) is 0 Å². The van der Waals surface area contributed by atoms with Crippen LogP contribution in [0, 0.1) is 0 Å². The Hall–Kier alpha value is -2.08. The standard InChI is InChI=1S/C20H18/c1-14-10-18-12-16-8-4-5-9-17(16)13-20(18)19(14)11-15-6-2-3-7-15/h2-6,8-10,13H,7,11-12H2,1H3. The van der Waals surface area contributed by atoms with Crippen LogP contribution in [0.3, 0.4) is 0 Å². The van der Waals surface area contributed by atoms with Gasteiger partial charge in [0, 0.05) is 0 Å². The van der Waals surface area contributed by atoms with Crippen LogP contribution in [0.1, 0.15) is 30.9 Å². The highest BCUT2D eigenvalue weighted by molar-refractivity contribution is 5.76. The van der Waals surface area contributed by atoms with E-state index in [1.807, 2.05) is 0 Å². The minimum absolute atomic E-state index is 1.08. The van der Waals surface area contributed by atoms with E-state index >= 15 is 0 Å². The summed E-state index contributed by atoms with van der Waals surface area (Å²) in [6, 6.07) is 8.77. The second kappa shape index (κ2) is 4.49. The van der Waals surface area contributed by atoms with Crippen molar-refractivity contribution in [3.05, 3.63) is 87.6 Å². The molecule has 0 radical (unpaired) electrons. The molecule has 0 heterocycles. The van der Waals surface area contributed by atoms with Crippen LogP contribution in [0.25, 0.3) is 6.08 Å². The van der Waals surface area contributed by atoms with Gasteiger partial charge in [-0.2, -0.15) is 0 Å². The van der Waals surface area contributed by atoms with Crippen molar-refractivity contribution in [1.82, 2.24) is 0 Å². The maximum Gasteiger partial charge on any atom is -0.00137 e. The molecule has 0 amide bonds. The summed E-state index contributed by atoms with van der Waals surface area (Å²) in [6.07, 6.45) is 14.8. The van der Waals surface area contributed by atoms with Gasteiger partial charge in [0.15, 0.2) is 0 Å². The van der Waals surface area contributed by atoms with Crippen molar-refractivity contribution >= 4 is 6.08 Å². The number of rotatable bonds is 2. The molecule has 0 aliphatic heterocycles. The number of allylic oxidation sites excluding steroid dienone is 9.